The van der Waals surface area contributed by atoms with E-state index in [1.807, 2.05) is 29.7 Å². The van der Waals surface area contributed by atoms with Crippen molar-refractivity contribution >= 4 is 37.5 Å². The monoisotopic (exact) mass is 501 g/mol. The average Bonchev–Trinajstić information content (AvgIpc) is 3.21. The van der Waals surface area contributed by atoms with Gasteiger partial charge in [-0.05, 0) is 62.1 Å². The number of hydrogen-bond acceptors (Lipinski definition) is 5. The maximum Gasteiger partial charge on any atom is 0.279 e. The zero-order chi connectivity index (χ0) is 24.3. The molecule has 3 aromatic rings. The summed E-state index contributed by atoms with van der Waals surface area (Å²) in [5.41, 5.74) is 1.29. The molecule has 1 aromatic heterocycles. The zero-order valence-corrected chi connectivity index (χ0v) is 21.5. The molecule has 1 aliphatic heterocycles. The largest absolute Gasteiger partial charge is 0.495 e. The Balaban J connectivity index is 1.66. The summed E-state index contributed by atoms with van der Waals surface area (Å²) in [6, 6.07) is 12.0. The van der Waals surface area contributed by atoms with Gasteiger partial charge in [0.1, 0.15) is 11.3 Å². The van der Waals surface area contributed by atoms with Crippen molar-refractivity contribution in [3.05, 3.63) is 52.8 Å². The standard InChI is InChI=1S/C25H31N3O4S2/c1-4-16-27-23-21(32-3)10-8-11-22(23)33-25(27)26-24(29)18-12-14-20(15-13-18)34(30,31)28-17-7-6-9-19(28)5-2/h8,10-15,19H,4-7,9,16-17H2,1-3H3. The summed E-state index contributed by atoms with van der Waals surface area (Å²) in [7, 11) is -1.96. The number of piperidine rings is 1. The van der Waals surface area contributed by atoms with Crippen LogP contribution >= 0.6 is 11.3 Å². The van der Waals surface area contributed by atoms with Crippen molar-refractivity contribution in [2.75, 3.05) is 13.7 Å². The van der Waals surface area contributed by atoms with Crippen LogP contribution in [0.3, 0.4) is 0 Å². The molecule has 9 heteroatoms. The number of fused-ring (bicyclic) bond motifs is 1. The summed E-state index contributed by atoms with van der Waals surface area (Å²) in [5.74, 6) is 0.345. The Kier molecular flexibility index (Phi) is 7.54. The number of carbonyl (C=O) groups is 1. The molecular weight excluding hydrogens is 470 g/mol. The third-order valence-electron chi connectivity index (χ3n) is 6.28. The van der Waals surface area contributed by atoms with Crippen molar-refractivity contribution in [1.82, 2.24) is 8.87 Å². The van der Waals surface area contributed by atoms with Gasteiger partial charge < -0.3 is 9.30 Å². The Hall–Kier alpha value is -2.49. The number of thiazole rings is 1. The number of rotatable bonds is 7. The van der Waals surface area contributed by atoms with Gasteiger partial charge in [-0.3, -0.25) is 4.79 Å². The maximum atomic E-state index is 13.2. The number of para-hydroxylation sites is 1. The van der Waals surface area contributed by atoms with E-state index in [2.05, 4.69) is 11.9 Å². The molecule has 0 aliphatic carbocycles. The van der Waals surface area contributed by atoms with Gasteiger partial charge in [0.05, 0.1) is 16.7 Å². The first-order chi connectivity index (χ1) is 16.4. The Morgan fingerprint density at radius 1 is 1.15 bits per heavy atom. The summed E-state index contributed by atoms with van der Waals surface area (Å²) < 4.78 is 36.6. The molecular formula is C25H31N3O4S2. The maximum absolute atomic E-state index is 13.2. The van der Waals surface area contributed by atoms with E-state index in [0.29, 0.717) is 23.5 Å². The van der Waals surface area contributed by atoms with Crippen LogP contribution in [-0.4, -0.2) is 42.9 Å². The number of hydrogen-bond donors (Lipinski definition) is 0. The molecule has 2 aromatic carbocycles. The molecule has 0 spiro atoms. The van der Waals surface area contributed by atoms with Gasteiger partial charge in [-0.1, -0.05) is 37.7 Å². The number of methoxy groups -OCH3 is 1. The van der Waals surface area contributed by atoms with Gasteiger partial charge in [0.2, 0.25) is 10.0 Å². The summed E-state index contributed by atoms with van der Waals surface area (Å²) in [6.07, 6.45) is 4.51. The number of benzene rings is 2. The van der Waals surface area contributed by atoms with Crippen molar-refractivity contribution in [2.24, 2.45) is 4.99 Å². The Bertz CT molecular complexity index is 1340. The molecule has 0 bridgehead atoms. The third kappa shape index (κ3) is 4.69. The number of aromatic nitrogens is 1. The molecule has 0 saturated carbocycles. The fourth-order valence-electron chi connectivity index (χ4n) is 4.53. The quantitative estimate of drug-likeness (QED) is 0.465. The van der Waals surface area contributed by atoms with E-state index in [4.69, 9.17) is 4.74 Å². The van der Waals surface area contributed by atoms with E-state index in [1.165, 1.54) is 23.5 Å². The second kappa shape index (κ2) is 10.4. The van der Waals surface area contributed by atoms with Crippen LogP contribution in [-0.2, 0) is 16.6 Å². The summed E-state index contributed by atoms with van der Waals surface area (Å²) in [4.78, 5) is 18.2. The van der Waals surface area contributed by atoms with Crippen LogP contribution in [0.1, 0.15) is 56.3 Å². The van der Waals surface area contributed by atoms with E-state index in [0.717, 1.165) is 48.1 Å². The molecule has 1 amide bonds. The molecule has 0 N–H and O–H groups in total. The van der Waals surface area contributed by atoms with E-state index >= 15 is 0 Å². The van der Waals surface area contributed by atoms with Crippen LogP contribution in [0.2, 0.25) is 0 Å². The predicted molar refractivity (Wildman–Crippen MR) is 135 cm³/mol. The first-order valence-corrected chi connectivity index (χ1v) is 14.0. The van der Waals surface area contributed by atoms with Crippen molar-refractivity contribution in [3.8, 4) is 5.75 Å². The fraction of sp³-hybridized carbons (Fsp3) is 0.440. The van der Waals surface area contributed by atoms with Crippen molar-refractivity contribution in [1.29, 1.82) is 0 Å². The van der Waals surface area contributed by atoms with Crippen LogP contribution < -0.4 is 9.54 Å². The SMILES string of the molecule is CCCn1c(=NC(=O)c2ccc(S(=O)(=O)N3CCCCC3CC)cc2)sc2cccc(OC)c21. The molecule has 1 aliphatic rings. The smallest absolute Gasteiger partial charge is 0.279 e. The van der Waals surface area contributed by atoms with Crippen molar-refractivity contribution in [2.45, 2.75) is 63.4 Å². The minimum atomic E-state index is -3.59. The molecule has 1 atom stereocenters. The van der Waals surface area contributed by atoms with Gasteiger partial charge in [0.25, 0.3) is 5.91 Å². The predicted octanol–water partition coefficient (Wildman–Crippen LogP) is 4.82. The molecule has 1 unspecified atom stereocenters. The first kappa shape index (κ1) is 24.6. The third-order valence-corrected chi connectivity index (χ3v) is 9.29. The van der Waals surface area contributed by atoms with Crippen molar-refractivity contribution < 1.29 is 17.9 Å². The minimum absolute atomic E-state index is 0.0361. The number of sulfonamides is 1. The molecule has 1 saturated heterocycles. The highest BCUT2D eigenvalue weighted by atomic mass is 32.2. The number of amides is 1. The van der Waals surface area contributed by atoms with E-state index in [-0.39, 0.29) is 10.9 Å². The second-order valence-corrected chi connectivity index (χ2v) is 11.4. The number of carbonyl (C=O) groups excluding carboxylic acids is 1. The Labute approximate surface area is 204 Å². The number of ether oxygens (including phenoxy) is 1. The average molecular weight is 502 g/mol. The highest BCUT2D eigenvalue weighted by Gasteiger charge is 2.32. The van der Waals surface area contributed by atoms with Gasteiger partial charge >= 0.3 is 0 Å². The van der Waals surface area contributed by atoms with Gasteiger partial charge in [0.15, 0.2) is 4.80 Å². The van der Waals surface area contributed by atoms with Crippen LogP contribution in [0.4, 0.5) is 0 Å². The molecule has 7 nitrogen and oxygen atoms in total. The van der Waals surface area contributed by atoms with Gasteiger partial charge in [-0.2, -0.15) is 9.30 Å². The zero-order valence-electron chi connectivity index (χ0n) is 19.9. The van der Waals surface area contributed by atoms with Crippen LogP contribution in [0, 0.1) is 0 Å². The van der Waals surface area contributed by atoms with E-state index < -0.39 is 15.9 Å². The topological polar surface area (TPSA) is 81.0 Å². The summed E-state index contributed by atoms with van der Waals surface area (Å²) in [6.45, 7) is 5.35. The first-order valence-electron chi connectivity index (χ1n) is 11.8. The molecule has 34 heavy (non-hydrogen) atoms. The minimum Gasteiger partial charge on any atom is -0.495 e. The lowest BCUT2D eigenvalue weighted by Gasteiger charge is -2.34. The summed E-state index contributed by atoms with van der Waals surface area (Å²) >= 11 is 1.44. The molecule has 182 valence electrons. The van der Waals surface area contributed by atoms with Gasteiger partial charge in [-0.15, -0.1) is 0 Å². The lowest BCUT2D eigenvalue weighted by molar-refractivity contribution is 0.0997. The second-order valence-electron chi connectivity index (χ2n) is 8.46. The van der Waals surface area contributed by atoms with E-state index in [1.54, 1.807) is 23.5 Å². The normalized spacial score (nSPS) is 17.9. The fourth-order valence-corrected chi connectivity index (χ4v) is 7.37. The molecule has 2 heterocycles. The highest BCUT2D eigenvalue weighted by Crippen LogP contribution is 2.28. The number of aryl methyl sites for hydroxylation is 1. The van der Waals surface area contributed by atoms with Crippen LogP contribution in [0.5, 0.6) is 5.75 Å². The van der Waals surface area contributed by atoms with Gasteiger partial charge in [-0.25, -0.2) is 8.42 Å². The summed E-state index contributed by atoms with van der Waals surface area (Å²) in [5, 5.41) is 0. The molecule has 4 rings (SSSR count). The van der Waals surface area contributed by atoms with Crippen LogP contribution in [0.25, 0.3) is 10.2 Å². The lowest BCUT2D eigenvalue weighted by atomic mass is 10.0. The lowest BCUT2D eigenvalue weighted by Crippen LogP contribution is -2.43. The Morgan fingerprint density at radius 2 is 1.91 bits per heavy atom. The number of nitrogens with zero attached hydrogens (tertiary/aromatic N) is 3. The van der Waals surface area contributed by atoms with E-state index in [9.17, 15) is 13.2 Å². The van der Waals surface area contributed by atoms with Crippen molar-refractivity contribution in [3.63, 3.8) is 0 Å². The highest BCUT2D eigenvalue weighted by molar-refractivity contribution is 7.89. The van der Waals surface area contributed by atoms with Gasteiger partial charge in [0, 0.05) is 24.7 Å². The Morgan fingerprint density at radius 3 is 2.59 bits per heavy atom. The molecule has 1 fully saturated rings. The van der Waals surface area contributed by atoms with Crippen LogP contribution in [0.15, 0.2) is 52.4 Å². The molecule has 0 radical (unpaired) electrons.